The number of pyridine rings is 2. The molecule has 0 aliphatic carbocycles. The number of para-hydroxylation sites is 1. The summed E-state index contributed by atoms with van der Waals surface area (Å²) in [5, 5.41) is 6.16. The molecule has 1 aliphatic heterocycles. The maximum Gasteiger partial charge on any atom is 0.258 e. The van der Waals surface area contributed by atoms with Crippen molar-refractivity contribution in [1.29, 1.82) is 0 Å². The third kappa shape index (κ3) is 5.19. The maximum absolute atomic E-state index is 12.9. The molecular formula is C23H22ClN5O2. The van der Waals surface area contributed by atoms with Crippen LogP contribution in [-0.2, 0) is 4.79 Å². The van der Waals surface area contributed by atoms with Crippen molar-refractivity contribution in [3.8, 4) is 0 Å². The molecule has 7 nitrogen and oxygen atoms in total. The van der Waals surface area contributed by atoms with Crippen molar-refractivity contribution in [1.82, 2.24) is 9.97 Å². The van der Waals surface area contributed by atoms with Gasteiger partial charge in [-0.1, -0.05) is 23.7 Å². The average molecular weight is 436 g/mol. The van der Waals surface area contributed by atoms with E-state index in [0.29, 0.717) is 22.1 Å². The van der Waals surface area contributed by atoms with E-state index in [2.05, 4.69) is 25.5 Å². The number of nitrogens with one attached hydrogen (secondary N) is 2. The molecule has 0 atom stereocenters. The molecule has 2 amide bonds. The minimum atomic E-state index is -0.349. The predicted octanol–water partition coefficient (Wildman–Crippen LogP) is 4.24. The number of halogens is 1. The first-order valence-electron chi connectivity index (χ1n) is 10.1. The first kappa shape index (κ1) is 20.8. The molecule has 1 fully saturated rings. The summed E-state index contributed by atoms with van der Waals surface area (Å²) in [5.74, 6) is -0.136. The number of piperidine rings is 1. The highest BCUT2D eigenvalue weighted by Gasteiger charge is 2.26. The molecule has 8 heteroatoms. The number of amides is 2. The fourth-order valence-electron chi connectivity index (χ4n) is 3.61. The van der Waals surface area contributed by atoms with Crippen molar-refractivity contribution < 1.29 is 9.59 Å². The Balaban J connectivity index is 1.39. The van der Waals surface area contributed by atoms with Crippen LogP contribution in [0.2, 0.25) is 5.02 Å². The van der Waals surface area contributed by atoms with E-state index in [1.807, 2.05) is 12.1 Å². The van der Waals surface area contributed by atoms with Crippen LogP contribution in [-0.4, -0.2) is 34.9 Å². The van der Waals surface area contributed by atoms with Crippen LogP contribution in [0.5, 0.6) is 0 Å². The van der Waals surface area contributed by atoms with Crippen molar-refractivity contribution >= 4 is 40.6 Å². The first-order chi connectivity index (χ1) is 15.1. The third-order valence-electron chi connectivity index (χ3n) is 5.29. The molecule has 0 radical (unpaired) electrons. The fraction of sp³-hybridized carbons (Fsp3) is 0.217. The molecule has 1 aliphatic rings. The van der Waals surface area contributed by atoms with Gasteiger partial charge in [0.05, 0.1) is 16.3 Å². The molecule has 1 saturated heterocycles. The summed E-state index contributed by atoms with van der Waals surface area (Å²) >= 11 is 5.84. The van der Waals surface area contributed by atoms with Crippen LogP contribution in [0.25, 0.3) is 0 Å². The summed E-state index contributed by atoms with van der Waals surface area (Å²) in [7, 11) is 0. The van der Waals surface area contributed by atoms with Gasteiger partial charge in [0.2, 0.25) is 5.91 Å². The lowest BCUT2D eigenvalue weighted by atomic mass is 9.95. The van der Waals surface area contributed by atoms with Crippen molar-refractivity contribution in [3.05, 3.63) is 77.7 Å². The molecule has 0 spiro atoms. The highest BCUT2D eigenvalue weighted by Crippen LogP contribution is 2.25. The van der Waals surface area contributed by atoms with E-state index in [4.69, 9.17) is 11.6 Å². The Morgan fingerprint density at radius 1 is 0.968 bits per heavy atom. The van der Waals surface area contributed by atoms with Crippen LogP contribution in [0.3, 0.4) is 0 Å². The van der Waals surface area contributed by atoms with Gasteiger partial charge in [-0.05, 0) is 49.2 Å². The maximum atomic E-state index is 12.9. The molecule has 158 valence electrons. The number of carbonyl (C=O) groups is 2. The zero-order valence-corrected chi connectivity index (χ0v) is 17.5. The molecule has 1 aromatic carbocycles. The number of carbonyl (C=O) groups excluding carboxylic acids is 2. The molecule has 0 bridgehead atoms. The standard InChI is InChI=1S/C23H22ClN5O2/c24-17-5-6-21(26-15-17)28-23(31)19-3-1-2-4-20(19)27-22(30)16-9-13-29(14-10-16)18-7-11-25-12-8-18/h1-8,11-12,15-16H,9-10,13-14H2,(H,27,30)(H,26,28,31). The Labute approximate surface area is 185 Å². The molecule has 2 aromatic heterocycles. The van der Waals surface area contributed by atoms with E-state index in [1.54, 1.807) is 48.8 Å². The molecular weight excluding hydrogens is 414 g/mol. The third-order valence-corrected chi connectivity index (χ3v) is 5.52. The molecule has 31 heavy (non-hydrogen) atoms. The summed E-state index contributed by atoms with van der Waals surface area (Å²) in [4.78, 5) is 36.0. The summed E-state index contributed by atoms with van der Waals surface area (Å²) in [5.41, 5.74) is 1.98. The van der Waals surface area contributed by atoms with Crippen LogP contribution in [0.4, 0.5) is 17.2 Å². The predicted molar refractivity (Wildman–Crippen MR) is 121 cm³/mol. The van der Waals surface area contributed by atoms with Crippen LogP contribution < -0.4 is 15.5 Å². The minimum Gasteiger partial charge on any atom is -0.371 e. The zero-order valence-electron chi connectivity index (χ0n) is 16.8. The second kappa shape index (κ2) is 9.57. The number of anilines is 3. The lowest BCUT2D eigenvalue weighted by Gasteiger charge is -2.33. The minimum absolute atomic E-state index is 0.0701. The number of aromatic nitrogens is 2. The van der Waals surface area contributed by atoms with E-state index in [0.717, 1.165) is 31.6 Å². The number of benzene rings is 1. The average Bonchev–Trinajstić information content (AvgIpc) is 2.81. The zero-order chi connectivity index (χ0) is 21.6. The van der Waals surface area contributed by atoms with Crippen molar-refractivity contribution in [2.45, 2.75) is 12.8 Å². The van der Waals surface area contributed by atoms with Crippen molar-refractivity contribution in [2.24, 2.45) is 5.92 Å². The molecule has 3 aromatic rings. The number of nitrogens with zero attached hydrogens (tertiary/aromatic N) is 3. The fourth-order valence-corrected chi connectivity index (χ4v) is 3.72. The van der Waals surface area contributed by atoms with Crippen molar-refractivity contribution in [3.63, 3.8) is 0 Å². The van der Waals surface area contributed by atoms with Crippen LogP contribution >= 0.6 is 11.6 Å². The topological polar surface area (TPSA) is 87.2 Å². The van der Waals surface area contributed by atoms with Crippen LogP contribution in [0, 0.1) is 5.92 Å². The SMILES string of the molecule is O=C(Nc1ccc(Cl)cn1)c1ccccc1NC(=O)C1CCN(c2ccncc2)CC1. The van der Waals surface area contributed by atoms with Crippen molar-refractivity contribution in [2.75, 3.05) is 28.6 Å². The molecule has 2 N–H and O–H groups in total. The van der Waals surface area contributed by atoms with Gasteiger partial charge >= 0.3 is 0 Å². The number of rotatable bonds is 5. The highest BCUT2D eigenvalue weighted by molar-refractivity contribution is 6.30. The van der Waals surface area contributed by atoms with Gasteiger partial charge in [0.25, 0.3) is 5.91 Å². The molecule has 0 unspecified atom stereocenters. The summed E-state index contributed by atoms with van der Waals surface area (Å²) in [6, 6.07) is 14.2. The van der Waals surface area contributed by atoms with Crippen LogP contribution in [0.1, 0.15) is 23.2 Å². The van der Waals surface area contributed by atoms with Gasteiger partial charge < -0.3 is 15.5 Å². The second-order valence-corrected chi connectivity index (χ2v) is 7.75. The lowest BCUT2D eigenvalue weighted by Crippen LogP contribution is -2.38. The summed E-state index contributed by atoms with van der Waals surface area (Å²) in [6.07, 6.45) is 6.50. The van der Waals surface area contributed by atoms with Gasteiger partial charge in [-0.25, -0.2) is 4.98 Å². The Bertz CT molecular complexity index is 1050. The Morgan fingerprint density at radius 2 is 1.71 bits per heavy atom. The van der Waals surface area contributed by atoms with Crippen LogP contribution in [0.15, 0.2) is 67.1 Å². The Hall–Kier alpha value is -3.45. The monoisotopic (exact) mass is 435 g/mol. The van der Waals surface area contributed by atoms with Gasteiger partial charge in [0.15, 0.2) is 0 Å². The van der Waals surface area contributed by atoms with E-state index in [9.17, 15) is 9.59 Å². The van der Waals surface area contributed by atoms with E-state index in [-0.39, 0.29) is 17.7 Å². The highest BCUT2D eigenvalue weighted by atomic mass is 35.5. The number of hydrogen-bond acceptors (Lipinski definition) is 5. The smallest absolute Gasteiger partial charge is 0.258 e. The van der Waals surface area contributed by atoms with Gasteiger partial charge in [0, 0.05) is 43.3 Å². The molecule has 3 heterocycles. The van der Waals surface area contributed by atoms with Gasteiger partial charge in [-0.15, -0.1) is 0 Å². The normalized spacial score (nSPS) is 14.2. The summed E-state index contributed by atoms with van der Waals surface area (Å²) < 4.78 is 0. The van der Waals surface area contributed by atoms with E-state index >= 15 is 0 Å². The molecule has 4 rings (SSSR count). The van der Waals surface area contributed by atoms with E-state index < -0.39 is 0 Å². The van der Waals surface area contributed by atoms with Gasteiger partial charge in [-0.3, -0.25) is 14.6 Å². The second-order valence-electron chi connectivity index (χ2n) is 7.32. The molecule has 0 saturated carbocycles. The quantitative estimate of drug-likeness (QED) is 0.626. The number of hydrogen-bond donors (Lipinski definition) is 2. The lowest BCUT2D eigenvalue weighted by molar-refractivity contribution is -0.120. The van der Waals surface area contributed by atoms with E-state index in [1.165, 1.54) is 6.20 Å². The Kier molecular flexibility index (Phi) is 6.43. The van der Waals surface area contributed by atoms with Gasteiger partial charge in [-0.2, -0.15) is 0 Å². The summed E-state index contributed by atoms with van der Waals surface area (Å²) in [6.45, 7) is 1.60. The first-order valence-corrected chi connectivity index (χ1v) is 10.5. The Morgan fingerprint density at radius 3 is 2.42 bits per heavy atom. The van der Waals surface area contributed by atoms with Gasteiger partial charge in [0.1, 0.15) is 5.82 Å². The largest absolute Gasteiger partial charge is 0.371 e.